The van der Waals surface area contributed by atoms with Crippen LogP contribution in [-0.4, -0.2) is 34.0 Å². The summed E-state index contributed by atoms with van der Waals surface area (Å²) in [5.41, 5.74) is 6.05. The molecule has 2 aliphatic rings. The highest BCUT2D eigenvalue weighted by Gasteiger charge is 2.43. The summed E-state index contributed by atoms with van der Waals surface area (Å²) in [5.74, 6) is -0.793. The minimum Gasteiger partial charge on any atom is -0.503 e. The maximum Gasteiger partial charge on any atom is 0.416 e. The van der Waals surface area contributed by atoms with E-state index in [-0.39, 0.29) is 23.9 Å². The van der Waals surface area contributed by atoms with Gasteiger partial charge in [-0.05, 0) is 49.8 Å². The van der Waals surface area contributed by atoms with Crippen LogP contribution in [0.15, 0.2) is 30.0 Å². The van der Waals surface area contributed by atoms with Crippen molar-refractivity contribution in [1.29, 1.82) is 0 Å². The lowest BCUT2D eigenvalue weighted by Crippen LogP contribution is -2.46. The van der Waals surface area contributed by atoms with Crippen LogP contribution in [0.1, 0.15) is 50.2 Å². The molecule has 3 N–H and O–H groups in total. The first kappa shape index (κ1) is 18.8. The highest BCUT2D eigenvalue weighted by Crippen LogP contribution is 2.39. The second kappa shape index (κ2) is 6.95. The molecule has 0 aromatic heterocycles. The molecule has 26 heavy (non-hydrogen) atoms. The first-order valence-corrected chi connectivity index (χ1v) is 8.93. The summed E-state index contributed by atoms with van der Waals surface area (Å²) in [4.78, 5) is 14.4. The van der Waals surface area contributed by atoms with Gasteiger partial charge in [-0.3, -0.25) is 4.79 Å². The largest absolute Gasteiger partial charge is 0.503 e. The molecule has 1 heterocycles. The lowest BCUT2D eigenvalue weighted by atomic mass is 9.89. The first-order chi connectivity index (χ1) is 12.2. The van der Waals surface area contributed by atoms with Crippen molar-refractivity contribution in [2.24, 2.45) is 5.73 Å². The van der Waals surface area contributed by atoms with Crippen LogP contribution in [0.25, 0.3) is 5.57 Å². The Bertz CT molecular complexity index is 704. The molecule has 1 aliphatic carbocycles. The molecule has 1 fully saturated rings. The zero-order valence-electron chi connectivity index (χ0n) is 14.6. The molecule has 1 aromatic carbocycles. The van der Waals surface area contributed by atoms with E-state index in [1.165, 1.54) is 12.1 Å². The molecule has 3 rings (SSSR count). The fourth-order valence-electron chi connectivity index (χ4n) is 4.04. The summed E-state index contributed by atoms with van der Waals surface area (Å²) in [7, 11) is 0. The van der Waals surface area contributed by atoms with Gasteiger partial charge in [0.1, 0.15) is 0 Å². The Balaban J connectivity index is 1.90. The van der Waals surface area contributed by atoms with Crippen molar-refractivity contribution in [3.05, 3.63) is 41.2 Å². The number of nitrogens with zero attached hydrogens (tertiary/aromatic N) is 1. The van der Waals surface area contributed by atoms with Gasteiger partial charge in [0, 0.05) is 17.7 Å². The van der Waals surface area contributed by atoms with E-state index in [1.54, 1.807) is 4.90 Å². The first-order valence-electron chi connectivity index (χ1n) is 8.93. The molecule has 0 bridgehead atoms. The third kappa shape index (κ3) is 3.32. The molecule has 1 aliphatic heterocycles. The van der Waals surface area contributed by atoms with Gasteiger partial charge in [-0.1, -0.05) is 19.1 Å². The second-order valence-electron chi connectivity index (χ2n) is 7.04. The SMILES string of the molecule is CCC1C(c2ccc(C(F)(F)F)cc2)=C(O)C(=O)N1C1CCC(N)CC1. The number of amides is 1. The fourth-order valence-corrected chi connectivity index (χ4v) is 4.04. The monoisotopic (exact) mass is 368 g/mol. The predicted octanol–water partition coefficient (Wildman–Crippen LogP) is 3.87. The number of aliphatic hydroxyl groups excluding tert-OH is 1. The van der Waals surface area contributed by atoms with Crippen molar-refractivity contribution >= 4 is 11.5 Å². The number of hydrogen-bond donors (Lipinski definition) is 2. The van der Waals surface area contributed by atoms with Crippen molar-refractivity contribution < 1.29 is 23.1 Å². The Labute approximate surface area is 150 Å². The summed E-state index contributed by atoms with van der Waals surface area (Å²) in [6, 6.07) is 4.42. The average molecular weight is 368 g/mol. The van der Waals surface area contributed by atoms with E-state index in [0.717, 1.165) is 37.8 Å². The van der Waals surface area contributed by atoms with Crippen molar-refractivity contribution in [2.45, 2.75) is 63.3 Å². The number of hydrogen-bond acceptors (Lipinski definition) is 3. The van der Waals surface area contributed by atoms with Crippen molar-refractivity contribution in [3.8, 4) is 0 Å². The lowest BCUT2D eigenvalue weighted by molar-refractivity contribution is -0.137. The molecule has 142 valence electrons. The smallest absolute Gasteiger partial charge is 0.416 e. The highest BCUT2D eigenvalue weighted by molar-refractivity contribution is 6.05. The minimum absolute atomic E-state index is 0.00125. The molecule has 1 atom stereocenters. The van der Waals surface area contributed by atoms with Gasteiger partial charge in [-0.2, -0.15) is 13.2 Å². The van der Waals surface area contributed by atoms with Crippen LogP contribution in [0, 0.1) is 0 Å². The van der Waals surface area contributed by atoms with Crippen LogP contribution < -0.4 is 5.73 Å². The Morgan fingerprint density at radius 1 is 1.15 bits per heavy atom. The van der Waals surface area contributed by atoms with Crippen LogP contribution in [0.5, 0.6) is 0 Å². The summed E-state index contributed by atoms with van der Waals surface area (Å²) < 4.78 is 38.3. The number of nitrogens with two attached hydrogens (primary N) is 1. The number of alkyl halides is 3. The zero-order chi connectivity index (χ0) is 19.1. The lowest BCUT2D eigenvalue weighted by Gasteiger charge is -2.37. The minimum atomic E-state index is -4.42. The molecule has 1 amide bonds. The van der Waals surface area contributed by atoms with Crippen molar-refractivity contribution in [3.63, 3.8) is 0 Å². The topological polar surface area (TPSA) is 66.6 Å². The summed E-state index contributed by atoms with van der Waals surface area (Å²) >= 11 is 0. The van der Waals surface area contributed by atoms with Crippen LogP contribution in [0.3, 0.4) is 0 Å². The van der Waals surface area contributed by atoms with E-state index in [4.69, 9.17) is 5.73 Å². The molecule has 0 spiro atoms. The Morgan fingerprint density at radius 3 is 2.23 bits per heavy atom. The maximum absolute atomic E-state index is 12.8. The number of halogens is 3. The molecular weight excluding hydrogens is 345 g/mol. The van der Waals surface area contributed by atoms with Crippen molar-refractivity contribution in [2.75, 3.05) is 0 Å². The molecule has 1 unspecified atom stereocenters. The van der Waals surface area contributed by atoms with E-state index in [1.807, 2.05) is 6.92 Å². The Morgan fingerprint density at radius 2 is 1.73 bits per heavy atom. The van der Waals surface area contributed by atoms with E-state index in [0.29, 0.717) is 17.6 Å². The third-order valence-electron chi connectivity index (χ3n) is 5.41. The van der Waals surface area contributed by atoms with Gasteiger partial charge in [0.05, 0.1) is 11.6 Å². The fraction of sp³-hybridized carbons (Fsp3) is 0.526. The molecule has 1 saturated carbocycles. The summed E-state index contributed by atoms with van der Waals surface area (Å²) in [6.45, 7) is 1.90. The molecule has 7 heteroatoms. The number of carbonyl (C=O) groups excluding carboxylic acids is 1. The van der Waals surface area contributed by atoms with Gasteiger partial charge in [0.25, 0.3) is 5.91 Å². The van der Waals surface area contributed by atoms with E-state index in [2.05, 4.69) is 0 Å². The van der Waals surface area contributed by atoms with Crippen LogP contribution >= 0.6 is 0 Å². The predicted molar refractivity (Wildman–Crippen MR) is 92.1 cm³/mol. The molecular formula is C19H23F3N2O2. The number of benzene rings is 1. The van der Waals surface area contributed by atoms with E-state index >= 15 is 0 Å². The van der Waals surface area contributed by atoms with Crippen LogP contribution in [0.2, 0.25) is 0 Å². The maximum atomic E-state index is 12.8. The number of carbonyl (C=O) groups is 1. The standard InChI is InChI=1S/C19H23F3N2O2/c1-2-15-16(11-3-5-12(6-4-11)19(20,21)22)17(25)18(26)24(15)14-9-7-13(23)8-10-14/h3-6,13-15,25H,2,7-10,23H2,1H3. The van der Waals surface area contributed by atoms with Crippen LogP contribution in [-0.2, 0) is 11.0 Å². The van der Waals surface area contributed by atoms with E-state index in [9.17, 15) is 23.1 Å². The quantitative estimate of drug-likeness (QED) is 0.851. The Hall–Kier alpha value is -2.02. The zero-order valence-corrected chi connectivity index (χ0v) is 14.6. The third-order valence-corrected chi connectivity index (χ3v) is 5.41. The number of rotatable bonds is 3. The van der Waals surface area contributed by atoms with Gasteiger partial charge >= 0.3 is 6.18 Å². The van der Waals surface area contributed by atoms with Gasteiger partial charge in [0.15, 0.2) is 5.76 Å². The second-order valence-corrected chi connectivity index (χ2v) is 7.04. The van der Waals surface area contributed by atoms with Gasteiger partial charge in [-0.25, -0.2) is 0 Å². The molecule has 1 aromatic rings. The molecule has 0 saturated heterocycles. The van der Waals surface area contributed by atoms with Crippen LogP contribution in [0.4, 0.5) is 13.2 Å². The van der Waals surface area contributed by atoms with Gasteiger partial charge < -0.3 is 15.7 Å². The van der Waals surface area contributed by atoms with Gasteiger partial charge in [-0.15, -0.1) is 0 Å². The normalized spacial score (nSPS) is 27.3. The Kier molecular flexibility index (Phi) is 5.01. The average Bonchev–Trinajstić information content (AvgIpc) is 2.86. The summed E-state index contributed by atoms with van der Waals surface area (Å²) in [5, 5.41) is 10.4. The van der Waals surface area contributed by atoms with Crippen molar-refractivity contribution in [1.82, 2.24) is 4.90 Å². The highest BCUT2D eigenvalue weighted by atomic mass is 19.4. The number of aliphatic hydroxyl groups is 1. The summed E-state index contributed by atoms with van der Waals surface area (Å²) in [6.07, 6.45) is -0.650. The van der Waals surface area contributed by atoms with Gasteiger partial charge in [0.2, 0.25) is 0 Å². The molecule has 4 nitrogen and oxygen atoms in total. The molecule has 0 radical (unpaired) electrons. The van der Waals surface area contributed by atoms with E-state index < -0.39 is 17.6 Å².